The normalized spacial score (nSPS) is 25.5. The van der Waals surface area contributed by atoms with Crippen LogP contribution >= 0.6 is 0 Å². The van der Waals surface area contributed by atoms with Gasteiger partial charge in [-0.1, -0.05) is 19.8 Å². The lowest BCUT2D eigenvalue weighted by Crippen LogP contribution is -2.41. The first-order chi connectivity index (χ1) is 9.11. The molecule has 1 aliphatic heterocycles. The Labute approximate surface area is 117 Å². The van der Waals surface area contributed by atoms with Crippen LogP contribution in [0.15, 0.2) is 0 Å². The summed E-state index contributed by atoms with van der Waals surface area (Å²) in [5, 5.41) is 0. The summed E-state index contributed by atoms with van der Waals surface area (Å²) in [6.07, 6.45) is 7.61. The van der Waals surface area contributed by atoms with Crippen LogP contribution in [0.1, 0.15) is 45.4 Å². The fraction of sp³-hybridized carbons (Fsp3) is 1.00. The van der Waals surface area contributed by atoms with Gasteiger partial charge in [0.15, 0.2) is 9.84 Å². The molecule has 0 radical (unpaired) electrons. The maximum Gasteiger partial charge on any atom is 0.151 e. The zero-order valence-electron chi connectivity index (χ0n) is 12.0. The van der Waals surface area contributed by atoms with Crippen LogP contribution in [-0.2, 0) is 14.6 Å². The Kier molecular flexibility index (Phi) is 5.66. The molecule has 0 spiro atoms. The second kappa shape index (κ2) is 7.04. The van der Waals surface area contributed by atoms with Crippen molar-refractivity contribution in [2.75, 3.05) is 31.2 Å². The fourth-order valence-corrected chi connectivity index (χ4v) is 3.94. The van der Waals surface area contributed by atoms with Crippen molar-refractivity contribution in [3.05, 3.63) is 0 Å². The van der Waals surface area contributed by atoms with Crippen molar-refractivity contribution in [3.8, 4) is 0 Å². The molecule has 2 fully saturated rings. The lowest BCUT2D eigenvalue weighted by Gasteiger charge is -2.30. The van der Waals surface area contributed by atoms with E-state index in [9.17, 15) is 8.42 Å². The topological polar surface area (TPSA) is 46.6 Å². The van der Waals surface area contributed by atoms with E-state index >= 15 is 0 Å². The second-order valence-electron chi connectivity index (χ2n) is 5.80. The largest absolute Gasteiger partial charge is 0.377 e. The molecule has 1 atom stereocenters. The van der Waals surface area contributed by atoms with E-state index < -0.39 is 9.84 Å². The van der Waals surface area contributed by atoms with E-state index in [1.165, 1.54) is 25.7 Å². The van der Waals surface area contributed by atoms with Crippen molar-refractivity contribution >= 4 is 9.84 Å². The van der Waals surface area contributed by atoms with Gasteiger partial charge in [0.1, 0.15) is 0 Å². The monoisotopic (exact) mass is 289 g/mol. The highest BCUT2D eigenvalue weighted by atomic mass is 32.2. The first kappa shape index (κ1) is 15.3. The molecule has 0 amide bonds. The van der Waals surface area contributed by atoms with E-state index in [0.29, 0.717) is 24.4 Å². The molecule has 19 heavy (non-hydrogen) atoms. The van der Waals surface area contributed by atoms with Crippen LogP contribution in [0, 0.1) is 0 Å². The number of sulfone groups is 1. The van der Waals surface area contributed by atoms with Crippen LogP contribution in [-0.4, -0.2) is 56.7 Å². The molecule has 1 heterocycles. The number of hydrogen-bond donors (Lipinski definition) is 0. The van der Waals surface area contributed by atoms with Crippen molar-refractivity contribution in [2.24, 2.45) is 0 Å². The quantitative estimate of drug-likeness (QED) is 0.717. The summed E-state index contributed by atoms with van der Waals surface area (Å²) < 4.78 is 29.1. The van der Waals surface area contributed by atoms with Gasteiger partial charge >= 0.3 is 0 Å². The van der Waals surface area contributed by atoms with Crippen LogP contribution in [0.3, 0.4) is 0 Å². The Hall–Kier alpha value is -0.130. The van der Waals surface area contributed by atoms with Crippen LogP contribution in [0.4, 0.5) is 0 Å². The minimum atomic E-state index is -2.86. The predicted octanol–water partition coefficient (Wildman–Crippen LogP) is 1.84. The van der Waals surface area contributed by atoms with Gasteiger partial charge in [0.2, 0.25) is 0 Å². The Morgan fingerprint density at radius 3 is 2.47 bits per heavy atom. The molecular weight excluding hydrogens is 262 g/mol. The standard InChI is InChI=1S/C14H27NO3S/c1-2-19(16,17)11-9-15(13-6-3-4-7-13)12-14-8-5-10-18-14/h13-14H,2-12H2,1H3. The molecule has 1 aliphatic carbocycles. The molecule has 2 aliphatic rings. The highest BCUT2D eigenvalue weighted by Gasteiger charge is 2.27. The average molecular weight is 289 g/mol. The van der Waals surface area contributed by atoms with Crippen molar-refractivity contribution < 1.29 is 13.2 Å². The van der Waals surface area contributed by atoms with Crippen LogP contribution < -0.4 is 0 Å². The Morgan fingerprint density at radius 1 is 1.16 bits per heavy atom. The number of nitrogens with zero attached hydrogens (tertiary/aromatic N) is 1. The number of hydrogen-bond acceptors (Lipinski definition) is 4. The van der Waals surface area contributed by atoms with Gasteiger partial charge in [0, 0.05) is 31.5 Å². The Balaban J connectivity index is 1.89. The maximum atomic E-state index is 11.7. The molecule has 112 valence electrons. The summed E-state index contributed by atoms with van der Waals surface area (Å²) in [6.45, 7) is 4.20. The van der Waals surface area contributed by atoms with Gasteiger partial charge in [-0.3, -0.25) is 4.90 Å². The van der Waals surface area contributed by atoms with E-state index in [1.807, 2.05) is 0 Å². The van der Waals surface area contributed by atoms with Gasteiger partial charge in [-0.25, -0.2) is 8.42 Å². The smallest absolute Gasteiger partial charge is 0.151 e. The lowest BCUT2D eigenvalue weighted by molar-refractivity contribution is 0.0603. The molecule has 4 nitrogen and oxygen atoms in total. The zero-order chi connectivity index (χ0) is 13.7. The van der Waals surface area contributed by atoms with Gasteiger partial charge in [-0.05, 0) is 25.7 Å². The van der Waals surface area contributed by atoms with E-state index in [0.717, 1.165) is 26.0 Å². The highest BCUT2D eigenvalue weighted by molar-refractivity contribution is 7.91. The van der Waals surface area contributed by atoms with E-state index in [1.54, 1.807) is 6.92 Å². The molecule has 1 saturated heterocycles. The number of ether oxygens (including phenoxy) is 1. The molecule has 1 saturated carbocycles. The molecule has 0 bridgehead atoms. The molecule has 2 rings (SSSR count). The van der Waals surface area contributed by atoms with Crippen molar-refractivity contribution in [2.45, 2.75) is 57.6 Å². The number of rotatable bonds is 7. The summed E-state index contributed by atoms with van der Waals surface area (Å²) in [6, 6.07) is 0.580. The highest BCUT2D eigenvalue weighted by Crippen LogP contribution is 2.25. The second-order valence-corrected chi connectivity index (χ2v) is 8.28. The Bertz CT molecular complexity index is 357. The van der Waals surface area contributed by atoms with Gasteiger partial charge < -0.3 is 4.74 Å². The molecule has 0 aromatic carbocycles. The maximum absolute atomic E-state index is 11.7. The average Bonchev–Trinajstić information content (AvgIpc) is 3.07. The predicted molar refractivity (Wildman–Crippen MR) is 77.1 cm³/mol. The van der Waals surface area contributed by atoms with Crippen molar-refractivity contribution in [1.82, 2.24) is 4.90 Å². The third-order valence-corrected chi connectivity index (χ3v) is 6.12. The van der Waals surface area contributed by atoms with Gasteiger partial charge in [0.25, 0.3) is 0 Å². The van der Waals surface area contributed by atoms with Crippen molar-refractivity contribution in [1.29, 1.82) is 0 Å². The molecular formula is C14H27NO3S. The van der Waals surface area contributed by atoms with Gasteiger partial charge in [-0.15, -0.1) is 0 Å². The third-order valence-electron chi connectivity index (χ3n) is 4.43. The third kappa shape index (κ3) is 4.72. The minimum absolute atomic E-state index is 0.255. The zero-order valence-corrected chi connectivity index (χ0v) is 12.8. The SMILES string of the molecule is CCS(=O)(=O)CCN(CC1CCCO1)C1CCCC1. The summed E-state index contributed by atoms with van der Waals surface area (Å²) in [5.74, 6) is 0.554. The van der Waals surface area contributed by atoms with Crippen molar-refractivity contribution in [3.63, 3.8) is 0 Å². The van der Waals surface area contributed by atoms with Crippen LogP contribution in [0.5, 0.6) is 0 Å². The van der Waals surface area contributed by atoms with Gasteiger partial charge in [-0.2, -0.15) is 0 Å². The molecule has 0 N–H and O–H groups in total. The minimum Gasteiger partial charge on any atom is -0.377 e. The molecule has 5 heteroatoms. The van der Waals surface area contributed by atoms with E-state index in [4.69, 9.17) is 4.74 Å². The van der Waals surface area contributed by atoms with Gasteiger partial charge in [0.05, 0.1) is 11.9 Å². The summed E-state index contributed by atoms with van der Waals surface area (Å²) in [4.78, 5) is 2.39. The first-order valence-corrected chi connectivity index (χ1v) is 9.49. The molecule has 0 aromatic heterocycles. The summed E-state index contributed by atoms with van der Waals surface area (Å²) >= 11 is 0. The summed E-state index contributed by atoms with van der Waals surface area (Å²) in [5.41, 5.74) is 0. The lowest BCUT2D eigenvalue weighted by atomic mass is 10.1. The van der Waals surface area contributed by atoms with Crippen LogP contribution in [0.25, 0.3) is 0 Å². The fourth-order valence-electron chi connectivity index (χ4n) is 3.14. The Morgan fingerprint density at radius 2 is 1.89 bits per heavy atom. The summed E-state index contributed by atoms with van der Waals surface area (Å²) in [7, 11) is -2.86. The molecule has 1 unspecified atom stereocenters. The van der Waals surface area contributed by atoms with E-state index in [-0.39, 0.29) is 5.75 Å². The first-order valence-electron chi connectivity index (χ1n) is 7.67. The van der Waals surface area contributed by atoms with Crippen LogP contribution in [0.2, 0.25) is 0 Å². The molecule has 0 aromatic rings. The van der Waals surface area contributed by atoms with E-state index in [2.05, 4.69) is 4.90 Å².